The number of alkyl halides is 3. The van der Waals surface area contributed by atoms with Crippen molar-refractivity contribution < 1.29 is 18.3 Å². The van der Waals surface area contributed by atoms with Crippen molar-refractivity contribution in [1.29, 1.82) is 5.26 Å². The molecule has 6 heteroatoms. The maximum atomic E-state index is 12.2. The van der Waals surface area contributed by atoms with E-state index in [2.05, 4.69) is 0 Å². The Morgan fingerprint density at radius 2 is 1.93 bits per heavy atom. The third-order valence-corrected chi connectivity index (χ3v) is 1.94. The monoisotopic (exact) mass is 219 g/mol. The number of hydrogen-bond donors (Lipinski definition) is 1. The minimum Gasteiger partial charge on any atom is -0.508 e. The molecule has 1 rings (SSSR count). The van der Waals surface area contributed by atoms with Gasteiger partial charge in [0.05, 0.1) is 5.56 Å². The van der Waals surface area contributed by atoms with Crippen LogP contribution in [-0.4, -0.2) is 5.11 Å². The second kappa shape index (κ2) is 3.80. The molecule has 14 heavy (non-hydrogen) atoms. The van der Waals surface area contributed by atoms with Crippen LogP contribution in [0.1, 0.15) is 5.56 Å². The quantitative estimate of drug-likeness (QED) is 0.583. The van der Waals surface area contributed by atoms with E-state index in [1.54, 1.807) is 5.40 Å². The summed E-state index contributed by atoms with van der Waals surface area (Å²) in [6.07, 6.45) is -4.51. The summed E-state index contributed by atoms with van der Waals surface area (Å²) in [6.45, 7) is 0. The smallest absolute Gasteiger partial charge is 0.416 e. The van der Waals surface area contributed by atoms with E-state index in [0.29, 0.717) is 17.8 Å². The third kappa shape index (κ3) is 2.57. The average Bonchev–Trinajstić information content (AvgIpc) is 2.02. The van der Waals surface area contributed by atoms with Crippen LogP contribution in [0.3, 0.4) is 0 Å². The van der Waals surface area contributed by atoms with Gasteiger partial charge in [0.25, 0.3) is 0 Å². The molecule has 0 fully saturated rings. The van der Waals surface area contributed by atoms with Gasteiger partial charge >= 0.3 is 6.18 Å². The summed E-state index contributed by atoms with van der Waals surface area (Å²) >= 11 is 0.565. The minimum atomic E-state index is -4.51. The van der Waals surface area contributed by atoms with Crippen LogP contribution in [0, 0.1) is 10.7 Å². The Hall–Kier alpha value is -1.35. The van der Waals surface area contributed by atoms with Gasteiger partial charge in [-0.2, -0.15) is 18.4 Å². The molecular weight excluding hydrogens is 215 g/mol. The molecule has 0 unspecified atom stereocenters. The highest BCUT2D eigenvalue weighted by Crippen LogP contribution is 2.34. The number of aromatic hydroxyl groups is 1. The van der Waals surface area contributed by atoms with Gasteiger partial charge in [-0.25, -0.2) is 0 Å². The third-order valence-electron chi connectivity index (χ3n) is 1.38. The molecular formula is C8H4F3NOS. The number of thioether (sulfide) groups is 1. The number of benzene rings is 1. The van der Waals surface area contributed by atoms with Crippen LogP contribution in [0.25, 0.3) is 0 Å². The topological polar surface area (TPSA) is 44.0 Å². The van der Waals surface area contributed by atoms with Gasteiger partial charge in [0.1, 0.15) is 11.2 Å². The average molecular weight is 219 g/mol. The molecule has 0 saturated carbocycles. The van der Waals surface area contributed by atoms with E-state index in [0.717, 1.165) is 12.1 Å². The predicted octanol–water partition coefficient (Wildman–Crippen LogP) is 2.98. The lowest BCUT2D eigenvalue weighted by Gasteiger charge is -2.07. The summed E-state index contributed by atoms with van der Waals surface area (Å²) in [5, 5.41) is 18.8. The van der Waals surface area contributed by atoms with Gasteiger partial charge < -0.3 is 5.11 Å². The number of nitrogens with zero attached hydrogens (tertiary/aromatic N) is 1. The van der Waals surface area contributed by atoms with E-state index in [4.69, 9.17) is 10.4 Å². The van der Waals surface area contributed by atoms with Crippen molar-refractivity contribution in [2.24, 2.45) is 0 Å². The lowest BCUT2D eigenvalue weighted by atomic mass is 10.2. The molecule has 0 saturated heterocycles. The first-order valence-electron chi connectivity index (χ1n) is 3.40. The normalized spacial score (nSPS) is 11.0. The van der Waals surface area contributed by atoms with Gasteiger partial charge in [0.2, 0.25) is 0 Å². The zero-order valence-electron chi connectivity index (χ0n) is 6.67. The highest BCUT2D eigenvalue weighted by Gasteiger charge is 2.31. The van der Waals surface area contributed by atoms with Crippen LogP contribution in [0.15, 0.2) is 23.1 Å². The van der Waals surface area contributed by atoms with Gasteiger partial charge in [-0.05, 0) is 30.0 Å². The van der Waals surface area contributed by atoms with Crippen LogP contribution < -0.4 is 0 Å². The molecule has 0 bridgehead atoms. The number of halogens is 3. The van der Waals surface area contributed by atoms with Gasteiger partial charge in [-0.3, -0.25) is 0 Å². The summed E-state index contributed by atoms with van der Waals surface area (Å²) < 4.78 is 36.6. The number of phenols is 1. The van der Waals surface area contributed by atoms with Gasteiger partial charge in [-0.1, -0.05) is 0 Å². The lowest BCUT2D eigenvalue weighted by Crippen LogP contribution is -2.04. The van der Waals surface area contributed by atoms with Crippen molar-refractivity contribution in [2.75, 3.05) is 0 Å². The Bertz CT molecular complexity index is 383. The highest BCUT2D eigenvalue weighted by molar-refractivity contribution is 8.03. The van der Waals surface area contributed by atoms with E-state index in [-0.39, 0.29) is 4.90 Å². The van der Waals surface area contributed by atoms with Crippen LogP contribution in [0.4, 0.5) is 13.2 Å². The molecule has 1 aromatic rings. The summed E-state index contributed by atoms with van der Waals surface area (Å²) in [6, 6.07) is 2.53. The fraction of sp³-hybridized carbons (Fsp3) is 0.125. The number of hydrogen-bond acceptors (Lipinski definition) is 3. The molecule has 0 aliphatic rings. The van der Waals surface area contributed by atoms with E-state index < -0.39 is 17.5 Å². The van der Waals surface area contributed by atoms with Crippen LogP contribution >= 0.6 is 11.8 Å². The summed E-state index contributed by atoms with van der Waals surface area (Å²) in [5.41, 5.74) is -0.963. The fourth-order valence-corrected chi connectivity index (χ4v) is 1.33. The van der Waals surface area contributed by atoms with E-state index in [1.807, 2.05) is 0 Å². The molecule has 0 atom stereocenters. The maximum Gasteiger partial charge on any atom is 0.416 e. The summed E-state index contributed by atoms with van der Waals surface area (Å²) in [5.74, 6) is -0.502. The standard InChI is InChI=1S/C8H4F3NOS/c9-8(10,11)5-1-6(13)3-7(2-5)14-4-12/h1-3,13H. The number of thiocyanates is 1. The molecule has 2 nitrogen and oxygen atoms in total. The number of rotatable bonds is 1. The van der Waals surface area contributed by atoms with Crippen molar-refractivity contribution in [2.45, 2.75) is 11.1 Å². The maximum absolute atomic E-state index is 12.2. The summed E-state index contributed by atoms with van der Waals surface area (Å²) in [4.78, 5) is 0.0693. The number of nitriles is 1. The molecule has 0 radical (unpaired) electrons. The lowest BCUT2D eigenvalue weighted by molar-refractivity contribution is -0.137. The molecule has 0 aliphatic carbocycles. The van der Waals surface area contributed by atoms with E-state index in [9.17, 15) is 13.2 Å². The first-order valence-corrected chi connectivity index (χ1v) is 4.22. The Morgan fingerprint density at radius 1 is 1.29 bits per heavy atom. The van der Waals surface area contributed by atoms with Gasteiger partial charge in [0, 0.05) is 4.90 Å². The molecule has 74 valence electrons. The second-order valence-corrected chi connectivity index (χ2v) is 3.26. The summed E-state index contributed by atoms with van der Waals surface area (Å²) in [7, 11) is 0. The first-order chi connectivity index (χ1) is 6.43. The molecule has 1 aromatic carbocycles. The Labute approximate surface area is 82.0 Å². The van der Waals surface area contributed by atoms with Gasteiger partial charge in [0.15, 0.2) is 0 Å². The predicted molar refractivity (Wildman–Crippen MR) is 44.6 cm³/mol. The zero-order chi connectivity index (χ0) is 10.8. The van der Waals surface area contributed by atoms with Crippen molar-refractivity contribution in [3.05, 3.63) is 23.8 Å². The minimum absolute atomic E-state index is 0.0693. The van der Waals surface area contributed by atoms with E-state index in [1.165, 1.54) is 0 Å². The highest BCUT2D eigenvalue weighted by atomic mass is 32.2. The Kier molecular flexibility index (Phi) is 2.91. The Morgan fingerprint density at radius 3 is 2.43 bits per heavy atom. The van der Waals surface area contributed by atoms with E-state index >= 15 is 0 Å². The molecule has 0 aliphatic heterocycles. The SMILES string of the molecule is N#CSc1cc(O)cc(C(F)(F)F)c1. The molecule has 1 N–H and O–H groups in total. The van der Waals surface area contributed by atoms with Crippen molar-refractivity contribution >= 4 is 11.8 Å². The molecule has 0 heterocycles. The van der Waals surface area contributed by atoms with Crippen molar-refractivity contribution in [1.82, 2.24) is 0 Å². The fourth-order valence-electron chi connectivity index (χ4n) is 0.859. The zero-order valence-corrected chi connectivity index (χ0v) is 7.49. The van der Waals surface area contributed by atoms with Crippen molar-refractivity contribution in [3.8, 4) is 11.2 Å². The second-order valence-electron chi connectivity index (χ2n) is 2.41. The largest absolute Gasteiger partial charge is 0.508 e. The molecule has 0 spiro atoms. The van der Waals surface area contributed by atoms with Crippen molar-refractivity contribution in [3.63, 3.8) is 0 Å². The van der Waals surface area contributed by atoms with Crippen LogP contribution in [0.5, 0.6) is 5.75 Å². The van der Waals surface area contributed by atoms with Crippen LogP contribution in [-0.2, 0) is 6.18 Å². The van der Waals surface area contributed by atoms with Gasteiger partial charge in [-0.15, -0.1) is 0 Å². The van der Waals surface area contributed by atoms with Crippen LogP contribution in [0.2, 0.25) is 0 Å². The Balaban J connectivity index is 3.15. The number of phenolic OH excluding ortho intramolecular Hbond substituents is 1. The molecule has 0 aromatic heterocycles. The first kappa shape index (κ1) is 10.7. The molecule has 0 amide bonds.